The number of benzene rings is 2. The van der Waals surface area contributed by atoms with Crippen LogP contribution < -0.4 is 10.1 Å². The Morgan fingerprint density at radius 1 is 0.941 bits per heavy atom. The van der Waals surface area contributed by atoms with Gasteiger partial charge in [-0.15, -0.1) is 0 Å². The Balaban J connectivity index is 1.38. The van der Waals surface area contributed by atoms with Crippen molar-refractivity contribution >= 4 is 69.7 Å². The van der Waals surface area contributed by atoms with E-state index in [2.05, 4.69) is 10.4 Å². The molecule has 176 valence electrons. The number of nitrogens with one attached hydrogen (secondary N) is 1. The Kier molecular flexibility index (Phi) is 7.65. The molecule has 0 aliphatic carbocycles. The number of hydrogen-bond donors (Lipinski definition) is 1. The van der Waals surface area contributed by atoms with Crippen LogP contribution >= 0.6 is 58.0 Å². The summed E-state index contributed by atoms with van der Waals surface area (Å²) in [6.45, 7) is 2.54. The van der Waals surface area contributed by atoms with Crippen molar-refractivity contribution in [1.82, 2.24) is 9.78 Å². The topological polar surface area (TPSA) is 69.3 Å². The molecule has 1 amide bonds. The molecule has 34 heavy (non-hydrogen) atoms. The summed E-state index contributed by atoms with van der Waals surface area (Å²) in [5, 5.41) is 7.19. The van der Waals surface area contributed by atoms with Crippen LogP contribution in [0.15, 0.2) is 53.1 Å². The van der Waals surface area contributed by atoms with E-state index in [1.165, 1.54) is 11.6 Å². The minimum atomic E-state index is -0.458. The van der Waals surface area contributed by atoms with Crippen molar-refractivity contribution in [2.45, 2.75) is 20.1 Å². The lowest BCUT2D eigenvalue weighted by Gasteiger charge is -2.12. The number of ether oxygens (including phenoxy) is 1. The maximum atomic E-state index is 12.6. The molecule has 11 heteroatoms. The van der Waals surface area contributed by atoms with E-state index in [9.17, 15) is 4.79 Å². The first-order valence-corrected chi connectivity index (χ1v) is 11.7. The number of aryl methyl sites for hydroxylation is 1. The zero-order chi connectivity index (χ0) is 24.4. The largest absolute Gasteiger partial charge is 0.482 e. The van der Waals surface area contributed by atoms with Gasteiger partial charge < -0.3 is 14.5 Å². The highest BCUT2D eigenvalue weighted by Gasteiger charge is 2.21. The van der Waals surface area contributed by atoms with Crippen LogP contribution in [-0.2, 0) is 13.2 Å². The molecule has 2 aromatic carbocycles. The van der Waals surface area contributed by atoms with Crippen LogP contribution in [0.1, 0.15) is 27.4 Å². The number of carbonyl (C=O) groups excluding carboxylic acids is 1. The highest BCUT2D eigenvalue weighted by Crippen LogP contribution is 2.48. The molecule has 1 N–H and O–H groups in total. The summed E-state index contributed by atoms with van der Waals surface area (Å²) in [6, 6.07) is 13.0. The molecule has 0 saturated carbocycles. The number of nitrogens with zero attached hydrogens (tertiary/aromatic N) is 2. The zero-order valence-electron chi connectivity index (χ0n) is 17.5. The Morgan fingerprint density at radius 2 is 1.59 bits per heavy atom. The molecule has 0 unspecified atom stereocenters. The number of carbonyl (C=O) groups is 1. The quantitative estimate of drug-likeness (QED) is 0.184. The van der Waals surface area contributed by atoms with Gasteiger partial charge in [0, 0.05) is 12.3 Å². The molecule has 0 atom stereocenters. The van der Waals surface area contributed by atoms with Gasteiger partial charge in [0.1, 0.15) is 22.4 Å². The van der Waals surface area contributed by atoms with Crippen molar-refractivity contribution in [2.75, 3.05) is 5.32 Å². The summed E-state index contributed by atoms with van der Waals surface area (Å²) in [7, 11) is 0. The van der Waals surface area contributed by atoms with Gasteiger partial charge >= 0.3 is 0 Å². The smallest absolute Gasteiger partial charge is 0.292 e. The molecule has 2 heterocycles. The van der Waals surface area contributed by atoms with Crippen LogP contribution in [0.3, 0.4) is 0 Å². The minimum absolute atomic E-state index is 0.0202. The van der Waals surface area contributed by atoms with Gasteiger partial charge in [-0.05, 0) is 24.6 Å². The van der Waals surface area contributed by atoms with Gasteiger partial charge in [0.15, 0.2) is 17.3 Å². The second-order valence-electron chi connectivity index (χ2n) is 7.29. The maximum absolute atomic E-state index is 12.6. The van der Waals surface area contributed by atoms with Crippen molar-refractivity contribution < 1.29 is 13.9 Å². The molecule has 4 aromatic rings. The lowest BCUT2D eigenvalue weighted by molar-refractivity contribution is 0.0992. The van der Waals surface area contributed by atoms with Gasteiger partial charge in [-0.3, -0.25) is 9.48 Å². The number of rotatable bonds is 7. The van der Waals surface area contributed by atoms with Crippen LogP contribution in [0.2, 0.25) is 25.1 Å². The third-order valence-corrected chi connectivity index (χ3v) is 7.00. The van der Waals surface area contributed by atoms with Gasteiger partial charge in [0.25, 0.3) is 5.91 Å². The zero-order valence-corrected chi connectivity index (χ0v) is 21.3. The standard InChI is InChI=1S/C23H16Cl5N3O3/c1-12-2-4-13(5-3-12)10-31-9-8-16(30-31)29-23(32)15-7-6-14(34-15)11-33-22-20(27)18(25)17(24)19(26)21(22)28/h2-9H,10-11H2,1H3,(H,29,30,32). The van der Waals surface area contributed by atoms with Gasteiger partial charge in [0.2, 0.25) is 0 Å². The van der Waals surface area contributed by atoms with Gasteiger partial charge in [0.05, 0.1) is 21.6 Å². The number of hydrogen-bond acceptors (Lipinski definition) is 4. The summed E-state index contributed by atoms with van der Waals surface area (Å²) < 4.78 is 12.9. The Morgan fingerprint density at radius 3 is 2.26 bits per heavy atom. The Labute approximate surface area is 220 Å². The van der Waals surface area contributed by atoms with E-state index < -0.39 is 5.91 Å². The summed E-state index contributed by atoms with van der Waals surface area (Å²) in [6.07, 6.45) is 1.78. The van der Waals surface area contributed by atoms with Gasteiger partial charge in [-0.25, -0.2) is 0 Å². The number of halogens is 5. The summed E-state index contributed by atoms with van der Waals surface area (Å²) in [5.74, 6) is 0.431. The van der Waals surface area contributed by atoms with Crippen molar-refractivity contribution in [2.24, 2.45) is 0 Å². The average Bonchev–Trinajstić information content (AvgIpc) is 3.47. The van der Waals surface area contributed by atoms with E-state index in [4.69, 9.17) is 67.2 Å². The SMILES string of the molecule is Cc1ccc(Cn2ccc(NC(=O)c3ccc(COc4c(Cl)c(Cl)c(Cl)c(Cl)c4Cl)o3)n2)cc1. The van der Waals surface area contributed by atoms with Crippen molar-refractivity contribution in [3.05, 3.63) is 96.4 Å². The first kappa shape index (κ1) is 24.8. The van der Waals surface area contributed by atoms with E-state index in [0.717, 1.165) is 5.56 Å². The van der Waals surface area contributed by atoms with E-state index >= 15 is 0 Å². The van der Waals surface area contributed by atoms with Crippen LogP contribution in [0, 0.1) is 6.92 Å². The predicted octanol–water partition coefficient (Wildman–Crippen LogP) is 7.93. The summed E-state index contributed by atoms with van der Waals surface area (Å²) in [5.41, 5.74) is 2.29. The Bertz CT molecular complexity index is 1320. The number of amides is 1. The molecule has 0 radical (unpaired) electrons. The Hall–Kier alpha value is -2.35. The highest BCUT2D eigenvalue weighted by atomic mass is 35.5. The first-order chi connectivity index (χ1) is 16.2. The van der Waals surface area contributed by atoms with E-state index in [1.807, 2.05) is 31.2 Å². The molecule has 0 bridgehead atoms. The van der Waals surface area contributed by atoms with Gasteiger partial charge in [-0.2, -0.15) is 5.10 Å². The lowest BCUT2D eigenvalue weighted by atomic mass is 10.1. The maximum Gasteiger partial charge on any atom is 0.292 e. The van der Waals surface area contributed by atoms with Crippen molar-refractivity contribution in [3.8, 4) is 5.75 Å². The summed E-state index contributed by atoms with van der Waals surface area (Å²) in [4.78, 5) is 12.6. The highest BCUT2D eigenvalue weighted by molar-refractivity contribution is 6.55. The van der Waals surface area contributed by atoms with Gasteiger partial charge in [-0.1, -0.05) is 87.8 Å². The molecule has 2 aromatic heterocycles. The predicted molar refractivity (Wildman–Crippen MR) is 135 cm³/mol. The van der Waals surface area contributed by atoms with Crippen LogP contribution in [-0.4, -0.2) is 15.7 Å². The molecular formula is C23H16Cl5N3O3. The lowest BCUT2D eigenvalue weighted by Crippen LogP contribution is -2.12. The third-order valence-electron chi connectivity index (χ3n) is 4.76. The second kappa shape index (κ2) is 10.5. The normalized spacial score (nSPS) is 11.0. The molecule has 0 saturated heterocycles. The minimum Gasteiger partial charge on any atom is -0.482 e. The van der Waals surface area contributed by atoms with Crippen LogP contribution in [0.4, 0.5) is 5.82 Å². The third kappa shape index (κ3) is 5.48. The molecular weight excluding hydrogens is 544 g/mol. The monoisotopic (exact) mass is 557 g/mol. The average molecular weight is 560 g/mol. The fraction of sp³-hybridized carbons (Fsp3) is 0.130. The van der Waals surface area contributed by atoms with Crippen LogP contribution in [0.5, 0.6) is 5.75 Å². The molecule has 0 aliphatic rings. The number of anilines is 1. The molecule has 0 aliphatic heterocycles. The first-order valence-electron chi connectivity index (χ1n) is 9.86. The van der Waals surface area contributed by atoms with Crippen LogP contribution in [0.25, 0.3) is 0 Å². The molecule has 0 spiro atoms. The molecule has 4 rings (SSSR count). The molecule has 0 fully saturated rings. The number of aromatic nitrogens is 2. The summed E-state index contributed by atoms with van der Waals surface area (Å²) >= 11 is 30.4. The van der Waals surface area contributed by atoms with E-state index in [1.54, 1.807) is 23.0 Å². The fourth-order valence-electron chi connectivity index (χ4n) is 3.01. The fourth-order valence-corrected chi connectivity index (χ4v) is 4.24. The van der Waals surface area contributed by atoms with Crippen molar-refractivity contribution in [1.29, 1.82) is 0 Å². The van der Waals surface area contributed by atoms with E-state index in [-0.39, 0.29) is 43.2 Å². The van der Waals surface area contributed by atoms with Crippen molar-refractivity contribution in [3.63, 3.8) is 0 Å². The van der Waals surface area contributed by atoms with E-state index in [0.29, 0.717) is 18.1 Å². The second-order valence-corrected chi connectivity index (χ2v) is 9.18. The number of furan rings is 1. The molecule has 6 nitrogen and oxygen atoms in total.